The number of carbonyl (C=O) groups is 1. The molecule has 0 radical (unpaired) electrons. The number of nitrogens with zero attached hydrogens (tertiary/aromatic N) is 3. The monoisotopic (exact) mass is 386 g/mol. The molecule has 0 bridgehead atoms. The summed E-state index contributed by atoms with van der Waals surface area (Å²) in [7, 11) is 0. The summed E-state index contributed by atoms with van der Waals surface area (Å²) >= 11 is 1.48. The SMILES string of the molecule is O=C(NCc1nnc(-c2ccccc2)s1)C1=CN(CCC2CCCO2)NN1. The van der Waals surface area contributed by atoms with E-state index in [-0.39, 0.29) is 5.91 Å². The third-order valence-corrected chi connectivity index (χ3v) is 5.44. The number of hydrogen-bond donors (Lipinski definition) is 3. The highest BCUT2D eigenvalue weighted by molar-refractivity contribution is 7.14. The molecule has 2 aromatic rings. The average Bonchev–Trinajstić information content (AvgIpc) is 3.47. The van der Waals surface area contributed by atoms with E-state index in [9.17, 15) is 4.79 Å². The molecular formula is C18H22N6O2S. The maximum absolute atomic E-state index is 12.3. The molecule has 1 fully saturated rings. The highest BCUT2D eigenvalue weighted by Gasteiger charge is 2.20. The normalized spacial score (nSPS) is 19.0. The van der Waals surface area contributed by atoms with Crippen LogP contribution < -0.4 is 16.3 Å². The second-order valence-corrected chi connectivity index (χ2v) is 7.51. The highest BCUT2D eigenvalue weighted by Crippen LogP contribution is 2.22. The molecule has 1 saturated heterocycles. The molecule has 1 atom stereocenters. The van der Waals surface area contributed by atoms with E-state index in [1.807, 2.05) is 35.3 Å². The lowest BCUT2D eigenvalue weighted by Gasteiger charge is -2.17. The Kier molecular flexibility index (Phi) is 5.61. The molecule has 0 spiro atoms. The van der Waals surface area contributed by atoms with Crippen molar-refractivity contribution in [3.63, 3.8) is 0 Å². The van der Waals surface area contributed by atoms with Crippen molar-refractivity contribution in [2.24, 2.45) is 0 Å². The van der Waals surface area contributed by atoms with Gasteiger partial charge in [-0.05, 0) is 19.3 Å². The lowest BCUT2D eigenvalue weighted by atomic mass is 10.2. The van der Waals surface area contributed by atoms with Gasteiger partial charge in [-0.15, -0.1) is 15.7 Å². The molecule has 8 nitrogen and oxygen atoms in total. The first kappa shape index (κ1) is 17.9. The summed E-state index contributed by atoms with van der Waals surface area (Å²) < 4.78 is 5.62. The Morgan fingerprint density at radius 1 is 1.33 bits per heavy atom. The van der Waals surface area contributed by atoms with Crippen molar-refractivity contribution in [3.05, 3.63) is 47.2 Å². The average molecular weight is 386 g/mol. The van der Waals surface area contributed by atoms with Crippen LogP contribution in [0, 0.1) is 0 Å². The van der Waals surface area contributed by atoms with Gasteiger partial charge in [0.25, 0.3) is 5.91 Å². The third-order valence-electron chi connectivity index (χ3n) is 4.47. The van der Waals surface area contributed by atoms with Crippen LogP contribution in [0.1, 0.15) is 24.3 Å². The van der Waals surface area contributed by atoms with Gasteiger partial charge in [-0.2, -0.15) is 0 Å². The first-order chi connectivity index (χ1) is 13.3. The van der Waals surface area contributed by atoms with E-state index in [1.165, 1.54) is 11.3 Å². The van der Waals surface area contributed by atoms with Gasteiger partial charge in [-0.25, -0.2) is 0 Å². The third kappa shape index (κ3) is 4.62. The summed E-state index contributed by atoms with van der Waals surface area (Å²) in [5.74, 6) is -0.182. The van der Waals surface area contributed by atoms with Crippen LogP contribution in [0.5, 0.6) is 0 Å². The molecule has 9 heteroatoms. The summed E-state index contributed by atoms with van der Waals surface area (Å²) in [5.41, 5.74) is 7.39. The molecule has 142 valence electrons. The lowest BCUT2D eigenvalue weighted by molar-refractivity contribution is -0.118. The van der Waals surface area contributed by atoms with E-state index in [1.54, 1.807) is 6.20 Å². The van der Waals surface area contributed by atoms with Crippen LogP contribution in [0.15, 0.2) is 42.2 Å². The topological polar surface area (TPSA) is 91.4 Å². The Bertz CT molecular complexity index is 803. The van der Waals surface area contributed by atoms with Crippen molar-refractivity contribution < 1.29 is 9.53 Å². The number of benzene rings is 1. The van der Waals surface area contributed by atoms with Gasteiger partial charge in [0.05, 0.1) is 12.6 Å². The summed E-state index contributed by atoms with van der Waals surface area (Å²) in [5, 5.41) is 14.7. The lowest BCUT2D eigenvalue weighted by Crippen LogP contribution is -2.40. The fraction of sp³-hybridized carbons (Fsp3) is 0.389. The van der Waals surface area contributed by atoms with E-state index >= 15 is 0 Å². The maximum atomic E-state index is 12.3. The number of carbonyl (C=O) groups excluding carboxylic acids is 1. The van der Waals surface area contributed by atoms with Crippen LogP contribution in [-0.4, -0.2) is 40.4 Å². The number of rotatable bonds is 7. The van der Waals surface area contributed by atoms with Gasteiger partial charge in [-0.1, -0.05) is 41.7 Å². The first-order valence-corrected chi connectivity index (χ1v) is 9.87. The van der Waals surface area contributed by atoms with Gasteiger partial charge in [0.2, 0.25) is 0 Å². The van der Waals surface area contributed by atoms with Gasteiger partial charge >= 0.3 is 0 Å². The van der Waals surface area contributed by atoms with Crippen LogP contribution in [0.2, 0.25) is 0 Å². The number of aromatic nitrogens is 2. The molecular weight excluding hydrogens is 364 g/mol. The number of nitrogens with one attached hydrogen (secondary N) is 3. The van der Waals surface area contributed by atoms with E-state index in [2.05, 4.69) is 26.5 Å². The van der Waals surface area contributed by atoms with Crippen LogP contribution in [0.25, 0.3) is 10.6 Å². The Morgan fingerprint density at radius 2 is 2.22 bits per heavy atom. The van der Waals surface area contributed by atoms with Crippen molar-refractivity contribution in [3.8, 4) is 10.6 Å². The van der Waals surface area contributed by atoms with Gasteiger partial charge in [-0.3, -0.25) is 15.2 Å². The summed E-state index contributed by atoms with van der Waals surface area (Å²) in [6.45, 7) is 1.99. The van der Waals surface area contributed by atoms with Crippen LogP contribution >= 0.6 is 11.3 Å². The van der Waals surface area contributed by atoms with Gasteiger partial charge in [0, 0.05) is 24.9 Å². The van der Waals surface area contributed by atoms with E-state index in [0.717, 1.165) is 48.0 Å². The quantitative estimate of drug-likeness (QED) is 0.665. The van der Waals surface area contributed by atoms with Gasteiger partial charge in [0.15, 0.2) is 0 Å². The molecule has 3 heterocycles. The first-order valence-electron chi connectivity index (χ1n) is 9.05. The molecule has 1 aromatic heterocycles. The van der Waals surface area contributed by atoms with E-state index in [0.29, 0.717) is 18.3 Å². The minimum atomic E-state index is -0.182. The summed E-state index contributed by atoms with van der Waals surface area (Å²) in [4.78, 5) is 12.3. The smallest absolute Gasteiger partial charge is 0.270 e. The Balaban J connectivity index is 1.26. The minimum Gasteiger partial charge on any atom is -0.378 e. The van der Waals surface area contributed by atoms with Crippen molar-refractivity contribution in [2.75, 3.05) is 13.2 Å². The zero-order valence-electron chi connectivity index (χ0n) is 14.9. The van der Waals surface area contributed by atoms with Crippen molar-refractivity contribution in [2.45, 2.75) is 31.9 Å². The van der Waals surface area contributed by atoms with E-state index in [4.69, 9.17) is 4.74 Å². The van der Waals surface area contributed by atoms with Crippen molar-refractivity contribution in [1.82, 2.24) is 31.5 Å². The molecule has 1 unspecified atom stereocenters. The molecule has 0 saturated carbocycles. The molecule has 3 N–H and O–H groups in total. The minimum absolute atomic E-state index is 0.182. The molecule has 1 aromatic carbocycles. The number of hydrogen-bond acceptors (Lipinski definition) is 8. The number of hydrazine groups is 2. The molecule has 1 amide bonds. The summed E-state index contributed by atoms with van der Waals surface area (Å²) in [6.07, 6.45) is 5.30. The molecule has 27 heavy (non-hydrogen) atoms. The number of ether oxygens (including phenoxy) is 1. The van der Waals surface area contributed by atoms with Crippen molar-refractivity contribution >= 4 is 17.2 Å². The van der Waals surface area contributed by atoms with E-state index < -0.39 is 0 Å². The second-order valence-electron chi connectivity index (χ2n) is 6.45. The van der Waals surface area contributed by atoms with Crippen LogP contribution in [0.4, 0.5) is 0 Å². The van der Waals surface area contributed by atoms with Crippen LogP contribution in [-0.2, 0) is 16.1 Å². The van der Waals surface area contributed by atoms with Gasteiger partial charge in [0.1, 0.15) is 15.7 Å². The molecule has 4 rings (SSSR count). The van der Waals surface area contributed by atoms with Crippen molar-refractivity contribution in [1.29, 1.82) is 0 Å². The zero-order valence-corrected chi connectivity index (χ0v) is 15.7. The second kappa shape index (κ2) is 8.47. The summed E-state index contributed by atoms with van der Waals surface area (Å²) in [6, 6.07) is 9.88. The molecule has 2 aliphatic heterocycles. The fourth-order valence-electron chi connectivity index (χ4n) is 3.02. The standard InChI is InChI=1S/C18H22N6O2S/c25-17(15-12-24(23-20-15)9-8-14-7-4-10-26-14)19-11-16-21-22-18(27-16)13-5-2-1-3-6-13/h1-3,5-6,12,14,20,23H,4,7-11H2,(H,19,25). The zero-order chi connectivity index (χ0) is 18.5. The molecule has 2 aliphatic rings. The Hall–Kier alpha value is -2.49. The highest BCUT2D eigenvalue weighted by atomic mass is 32.1. The maximum Gasteiger partial charge on any atom is 0.270 e. The largest absolute Gasteiger partial charge is 0.378 e. The predicted molar refractivity (Wildman–Crippen MR) is 102 cm³/mol. The van der Waals surface area contributed by atoms with Gasteiger partial charge < -0.3 is 10.1 Å². The van der Waals surface area contributed by atoms with Crippen LogP contribution in [0.3, 0.4) is 0 Å². The Morgan fingerprint density at radius 3 is 3.04 bits per heavy atom. The predicted octanol–water partition coefficient (Wildman–Crippen LogP) is 1.56. The number of amides is 1. The Labute approximate surface area is 161 Å². The fourth-order valence-corrected chi connectivity index (χ4v) is 3.80. The molecule has 0 aliphatic carbocycles.